The maximum absolute atomic E-state index is 12.2. The van der Waals surface area contributed by atoms with Crippen LogP contribution in [0.1, 0.15) is 27.2 Å². The Balaban J connectivity index is 2.08. The smallest absolute Gasteiger partial charge is 0.253 e. The lowest BCUT2D eigenvalue weighted by Gasteiger charge is -2.17. The van der Waals surface area contributed by atoms with Gasteiger partial charge < -0.3 is 9.32 Å². The molecule has 0 saturated heterocycles. The molecule has 1 aromatic heterocycles. The van der Waals surface area contributed by atoms with Crippen LogP contribution in [0.2, 0.25) is 0 Å². The van der Waals surface area contributed by atoms with E-state index in [-0.39, 0.29) is 5.91 Å². The predicted molar refractivity (Wildman–Crippen MR) is 75.2 cm³/mol. The quantitative estimate of drug-likeness (QED) is 0.800. The highest BCUT2D eigenvalue weighted by Crippen LogP contribution is 2.14. The van der Waals surface area contributed by atoms with Gasteiger partial charge in [0.2, 0.25) is 0 Å². The molecule has 0 aliphatic heterocycles. The van der Waals surface area contributed by atoms with Gasteiger partial charge in [0.15, 0.2) is 0 Å². The zero-order chi connectivity index (χ0) is 13.8. The standard InChI is InChI=1S/C15H16ClNO2/c1-11-14(7-8-19-11)10-17(2)15(18)13-5-3-12(9-16)4-6-13/h3-8H,9-10H2,1-2H3. The lowest BCUT2D eigenvalue weighted by atomic mass is 10.1. The van der Waals surface area contributed by atoms with Gasteiger partial charge in [-0.2, -0.15) is 0 Å². The molecule has 0 N–H and O–H groups in total. The Morgan fingerprint density at radius 3 is 2.47 bits per heavy atom. The molecule has 2 rings (SSSR count). The van der Waals surface area contributed by atoms with E-state index in [1.807, 2.05) is 25.1 Å². The Kier molecular flexibility index (Phi) is 4.27. The third-order valence-electron chi connectivity index (χ3n) is 3.08. The third-order valence-corrected chi connectivity index (χ3v) is 3.38. The maximum atomic E-state index is 12.2. The second-order valence-corrected chi connectivity index (χ2v) is 4.76. The van der Waals surface area contributed by atoms with Crippen molar-refractivity contribution < 1.29 is 9.21 Å². The molecule has 0 radical (unpaired) electrons. The van der Waals surface area contributed by atoms with E-state index in [1.54, 1.807) is 30.3 Å². The fourth-order valence-corrected chi connectivity index (χ4v) is 2.04. The topological polar surface area (TPSA) is 33.5 Å². The summed E-state index contributed by atoms with van der Waals surface area (Å²) in [5, 5.41) is 0. The summed E-state index contributed by atoms with van der Waals surface area (Å²) in [6, 6.07) is 9.24. The molecule has 1 amide bonds. The molecule has 4 heteroatoms. The maximum Gasteiger partial charge on any atom is 0.253 e. The van der Waals surface area contributed by atoms with E-state index in [0.29, 0.717) is 18.0 Å². The molecule has 1 heterocycles. The first-order chi connectivity index (χ1) is 9.11. The largest absolute Gasteiger partial charge is 0.469 e. The number of halogens is 1. The average Bonchev–Trinajstić information content (AvgIpc) is 2.83. The number of amides is 1. The molecule has 3 nitrogen and oxygen atoms in total. The third kappa shape index (κ3) is 3.18. The van der Waals surface area contributed by atoms with E-state index >= 15 is 0 Å². The van der Waals surface area contributed by atoms with Crippen molar-refractivity contribution in [3.63, 3.8) is 0 Å². The first kappa shape index (κ1) is 13.7. The Bertz CT molecular complexity index is 560. The van der Waals surface area contributed by atoms with E-state index in [2.05, 4.69) is 0 Å². The molecular formula is C15H16ClNO2. The molecule has 0 spiro atoms. The van der Waals surface area contributed by atoms with Crippen LogP contribution in [0.25, 0.3) is 0 Å². The highest BCUT2D eigenvalue weighted by Gasteiger charge is 2.13. The molecule has 0 saturated carbocycles. The fourth-order valence-electron chi connectivity index (χ4n) is 1.86. The van der Waals surface area contributed by atoms with Crippen molar-refractivity contribution in [3.05, 3.63) is 59.0 Å². The molecule has 0 unspecified atom stereocenters. The van der Waals surface area contributed by atoms with E-state index in [4.69, 9.17) is 16.0 Å². The number of hydrogen-bond acceptors (Lipinski definition) is 2. The van der Waals surface area contributed by atoms with Gasteiger partial charge in [-0.05, 0) is 30.7 Å². The zero-order valence-electron chi connectivity index (χ0n) is 11.0. The fraction of sp³-hybridized carbons (Fsp3) is 0.267. The number of benzene rings is 1. The minimum Gasteiger partial charge on any atom is -0.469 e. The predicted octanol–water partition coefficient (Wildman–Crippen LogP) is 3.60. The van der Waals surface area contributed by atoms with Crippen molar-refractivity contribution in [1.82, 2.24) is 4.90 Å². The number of aryl methyl sites for hydroxylation is 1. The van der Waals surface area contributed by atoms with E-state index in [1.165, 1.54) is 0 Å². The number of rotatable bonds is 4. The van der Waals surface area contributed by atoms with Crippen LogP contribution in [0.15, 0.2) is 41.0 Å². The van der Waals surface area contributed by atoms with Crippen LogP contribution in [0.3, 0.4) is 0 Å². The average molecular weight is 278 g/mol. The Labute approximate surface area is 117 Å². The van der Waals surface area contributed by atoms with Crippen LogP contribution < -0.4 is 0 Å². The van der Waals surface area contributed by atoms with Crippen LogP contribution in [0.4, 0.5) is 0 Å². The molecule has 19 heavy (non-hydrogen) atoms. The van der Waals surface area contributed by atoms with E-state index in [0.717, 1.165) is 16.9 Å². The van der Waals surface area contributed by atoms with Crippen LogP contribution in [-0.4, -0.2) is 17.9 Å². The summed E-state index contributed by atoms with van der Waals surface area (Å²) in [6.07, 6.45) is 1.64. The summed E-state index contributed by atoms with van der Waals surface area (Å²) >= 11 is 5.73. The second-order valence-electron chi connectivity index (χ2n) is 4.49. The van der Waals surface area contributed by atoms with E-state index in [9.17, 15) is 4.79 Å². The highest BCUT2D eigenvalue weighted by molar-refractivity contribution is 6.17. The number of alkyl halides is 1. The van der Waals surface area contributed by atoms with Gasteiger partial charge >= 0.3 is 0 Å². The van der Waals surface area contributed by atoms with Gasteiger partial charge in [0.05, 0.1) is 6.26 Å². The molecule has 0 bridgehead atoms. The second kappa shape index (κ2) is 5.93. The van der Waals surface area contributed by atoms with Crippen molar-refractivity contribution in [2.45, 2.75) is 19.3 Å². The van der Waals surface area contributed by atoms with Crippen molar-refractivity contribution in [3.8, 4) is 0 Å². The Morgan fingerprint density at radius 2 is 1.95 bits per heavy atom. The summed E-state index contributed by atoms with van der Waals surface area (Å²) in [5.74, 6) is 1.29. The number of nitrogens with zero attached hydrogens (tertiary/aromatic N) is 1. The lowest BCUT2D eigenvalue weighted by Crippen LogP contribution is -2.26. The van der Waals surface area contributed by atoms with Gasteiger partial charge in [0.1, 0.15) is 5.76 Å². The minimum absolute atomic E-state index is 0.0123. The highest BCUT2D eigenvalue weighted by atomic mass is 35.5. The van der Waals surface area contributed by atoms with Gasteiger partial charge in [-0.3, -0.25) is 4.79 Å². The first-order valence-electron chi connectivity index (χ1n) is 6.05. The molecule has 2 aromatic rings. The van der Waals surface area contributed by atoms with Crippen LogP contribution in [0.5, 0.6) is 0 Å². The number of carbonyl (C=O) groups is 1. The van der Waals surface area contributed by atoms with E-state index < -0.39 is 0 Å². The van der Waals surface area contributed by atoms with Crippen molar-refractivity contribution in [2.75, 3.05) is 7.05 Å². The summed E-state index contributed by atoms with van der Waals surface area (Å²) in [6.45, 7) is 2.43. The Morgan fingerprint density at radius 1 is 1.26 bits per heavy atom. The number of carbonyl (C=O) groups excluding carboxylic acids is 1. The summed E-state index contributed by atoms with van der Waals surface area (Å²) in [4.78, 5) is 13.9. The van der Waals surface area contributed by atoms with Gasteiger partial charge in [-0.15, -0.1) is 11.6 Å². The van der Waals surface area contributed by atoms with Crippen molar-refractivity contribution in [2.24, 2.45) is 0 Å². The molecule has 1 aromatic carbocycles. The summed E-state index contributed by atoms with van der Waals surface area (Å²) in [7, 11) is 1.78. The molecule has 100 valence electrons. The SMILES string of the molecule is Cc1occc1CN(C)C(=O)c1ccc(CCl)cc1. The molecule has 0 atom stereocenters. The normalized spacial score (nSPS) is 10.5. The molecule has 0 aliphatic carbocycles. The van der Waals surface area contributed by atoms with Crippen LogP contribution >= 0.6 is 11.6 Å². The van der Waals surface area contributed by atoms with Gasteiger partial charge in [-0.1, -0.05) is 12.1 Å². The Hall–Kier alpha value is -1.74. The number of furan rings is 1. The van der Waals surface area contributed by atoms with Gasteiger partial charge in [0.25, 0.3) is 5.91 Å². The lowest BCUT2D eigenvalue weighted by molar-refractivity contribution is 0.0784. The van der Waals surface area contributed by atoms with Crippen molar-refractivity contribution >= 4 is 17.5 Å². The molecule has 0 fully saturated rings. The minimum atomic E-state index is -0.0123. The van der Waals surface area contributed by atoms with Crippen LogP contribution in [-0.2, 0) is 12.4 Å². The monoisotopic (exact) mass is 277 g/mol. The molecular weight excluding hydrogens is 262 g/mol. The number of hydrogen-bond donors (Lipinski definition) is 0. The molecule has 0 aliphatic rings. The van der Waals surface area contributed by atoms with Gasteiger partial charge in [0, 0.05) is 30.6 Å². The first-order valence-corrected chi connectivity index (χ1v) is 6.58. The van der Waals surface area contributed by atoms with Gasteiger partial charge in [-0.25, -0.2) is 0 Å². The summed E-state index contributed by atoms with van der Waals surface area (Å²) < 4.78 is 5.23. The zero-order valence-corrected chi connectivity index (χ0v) is 11.8. The van der Waals surface area contributed by atoms with Crippen molar-refractivity contribution in [1.29, 1.82) is 0 Å². The summed E-state index contributed by atoms with van der Waals surface area (Å²) in [5.41, 5.74) is 2.69. The van der Waals surface area contributed by atoms with Crippen LogP contribution in [0, 0.1) is 6.92 Å².